The van der Waals surface area contributed by atoms with Gasteiger partial charge in [0.1, 0.15) is 13.6 Å². The molecule has 0 radical (unpaired) electrons. The van der Waals surface area contributed by atoms with Gasteiger partial charge in [0.2, 0.25) is 5.71 Å². The van der Waals surface area contributed by atoms with Gasteiger partial charge in [0.05, 0.1) is 0 Å². The van der Waals surface area contributed by atoms with Crippen LogP contribution >= 0.6 is 11.6 Å². The van der Waals surface area contributed by atoms with Crippen LogP contribution in [-0.4, -0.2) is 23.9 Å². The summed E-state index contributed by atoms with van der Waals surface area (Å²) in [6.07, 6.45) is 2.33. The highest BCUT2D eigenvalue weighted by Gasteiger charge is 2.15. The fraction of sp³-hybridized carbons (Fsp3) is 0.308. The second-order valence-electron chi connectivity index (χ2n) is 3.73. The molecule has 2 heteroatoms. The number of benzene rings is 1. The lowest BCUT2D eigenvalue weighted by Gasteiger charge is -1.90. The molecule has 76 valence electrons. The Morgan fingerprint density at radius 3 is 2.53 bits per heavy atom. The normalized spacial score (nSPS) is 15.1. The minimum Gasteiger partial charge on any atom is -0.229 e. The van der Waals surface area contributed by atoms with E-state index in [-0.39, 0.29) is 0 Å². The average molecular weight is 219 g/mol. The van der Waals surface area contributed by atoms with Gasteiger partial charge in [-0.15, -0.1) is 0 Å². The summed E-state index contributed by atoms with van der Waals surface area (Å²) in [5.41, 5.74) is 2.26. The Kier molecular flexibility index (Phi) is 3.08. The molecule has 1 aromatic carbocycles. The van der Waals surface area contributed by atoms with Gasteiger partial charge in [-0.1, -0.05) is 17.5 Å². The molecular weight excluding hydrogens is 206 g/mol. The van der Waals surface area contributed by atoms with Crippen LogP contribution in [0.1, 0.15) is 18.4 Å². The van der Waals surface area contributed by atoms with Gasteiger partial charge in [-0.2, -0.15) is 0 Å². The van der Waals surface area contributed by atoms with Gasteiger partial charge >= 0.3 is 0 Å². The average Bonchev–Trinajstić information content (AvgIpc) is 2.63. The summed E-state index contributed by atoms with van der Waals surface area (Å²) < 4.78 is 2.23. The quantitative estimate of drug-likeness (QED) is 0.465. The van der Waals surface area contributed by atoms with Crippen LogP contribution in [0.15, 0.2) is 24.3 Å². The fourth-order valence-corrected chi connectivity index (χ4v) is 1.77. The Bertz CT molecular complexity index is 446. The van der Waals surface area contributed by atoms with E-state index < -0.39 is 0 Å². The highest BCUT2D eigenvalue weighted by atomic mass is 35.5. The molecule has 1 aliphatic heterocycles. The van der Waals surface area contributed by atoms with Crippen LogP contribution in [-0.2, 0) is 0 Å². The van der Waals surface area contributed by atoms with Crippen LogP contribution in [0.5, 0.6) is 0 Å². The molecule has 0 fully saturated rings. The Hall–Kier alpha value is -1.26. The molecular formula is C13H13ClN+. The Morgan fingerprint density at radius 1 is 1.20 bits per heavy atom. The molecule has 0 saturated heterocycles. The van der Waals surface area contributed by atoms with E-state index in [0.717, 1.165) is 23.6 Å². The zero-order valence-electron chi connectivity index (χ0n) is 8.76. The topological polar surface area (TPSA) is 3.01 Å². The van der Waals surface area contributed by atoms with Gasteiger partial charge in [0.25, 0.3) is 0 Å². The highest BCUT2D eigenvalue weighted by molar-refractivity contribution is 6.30. The van der Waals surface area contributed by atoms with Gasteiger partial charge in [-0.25, -0.2) is 4.58 Å². The fourth-order valence-electron chi connectivity index (χ4n) is 1.64. The van der Waals surface area contributed by atoms with Crippen molar-refractivity contribution < 1.29 is 4.58 Å². The summed E-state index contributed by atoms with van der Waals surface area (Å²) >= 11 is 5.80. The summed E-state index contributed by atoms with van der Waals surface area (Å²) in [5.74, 6) is 6.37. The maximum atomic E-state index is 5.80. The van der Waals surface area contributed by atoms with Gasteiger partial charge in [0, 0.05) is 29.3 Å². The highest BCUT2D eigenvalue weighted by Crippen LogP contribution is 2.08. The standard InChI is InChI=1S/C13H13ClN/c1-15-10-2-3-13(15)9-6-11-4-7-12(14)8-5-11/h4-5,7-8H,2-3,10H2,1H3/q+1. The van der Waals surface area contributed by atoms with Crippen molar-refractivity contribution in [2.75, 3.05) is 13.6 Å². The molecule has 0 N–H and O–H groups in total. The SMILES string of the molecule is C[N+]1=C(C#Cc2ccc(Cl)cc2)CCC1. The van der Waals surface area contributed by atoms with Crippen LogP contribution < -0.4 is 0 Å². The van der Waals surface area contributed by atoms with Crippen molar-refractivity contribution in [1.82, 2.24) is 0 Å². The molecule has 0 spiro atoms. The summed E-state index contributed by atoms with van der Waals surface area (Å²) in [5, 5.41) is 0.756. The molecule has 1 nitrogen and oxygen atoms in total. The summed E-state index contributed by atoms with van der Waals surface area (Å²) in [4.78, 5) is 0. The molecule has 0 unspecified atom stereocenters. The van der Waals surface area contributed by atoms with E-state index in [1.54, 1.807) is 0 Å². The number of rotatable bonds is 0. The van der Waals surface area contributed by atoms with Crippen molar-refractivity contribution in [3.8, 4) is 11.8 Å². The maximum absolute atomic E-state index is 5.80. The van der Waals surface area contributed by atoms with Crippen molar-refractivity contribution >= 4 is 17.3 Å². The van der Waals surface area contributed by atoms with Crippen molar-refractivity contribution in [2.45, 2.75) is 12.8 Å². The first-order valence-corrected chi connectivity index (χ1v) is 5.48. The molecule has 2 rings (SSSR count). The predicted octanol–water partition coefficient (Wildman–Crippen LogP) is 2.57. The van der Waals surface area contributed by atoms with Crippen LogP contribution in [0.2, 0.25) is 5.02 Å². The summed E-state index contributed by atoms with van der Waals surface area (Å²) in [6, 6.07) is 7.64. The van der Waals surface area contributed by atoms with Crippen molar-refractivity contribution in [2.24, 2.45) is 0 Å². The van der Waals surface area contributed by atoms with E-state index in [1.807, 2.05) is 24.3 Å². The van der Waals surface area contributed by atoms with E-state index in [4.69, 9.17) is 11.6 Å². The number of hydrogen-bond donors (Lipinski definition) is 0. The van der Waals surface area contributed by atoms with Gasteiger partial charge in [0.15, 0.2) is 0 Å². The lowest BCUT2D eigenvalue weighted by molar-refractivity contribution is -0.487. The molecule has 0 amide bonds. The number of halogens is 1. The Balaban J connectivity index is 2.18. The van der Waals surface area contributed by atoms with E-state index in [1.165, 1.54) is 12.1 Å². The molecule has 1 aromatic rings. The third-order valence-electron chi connectivity index (χ3n) is 2.56. The summed E-state index contributed by atoms with van der Waals surface area (Å²) in [7, 11) is 2.10. The Morgan fingerprint density at radius 2 is 1.93 bits per heavy atom. The number of hydrogen-bond acceptors (Lipinski definition) is 0. The van der Waals surface area contributed by atoms with E-state index in [0.29, 0.717) is 0 Å². The first-order chi connectivity index (χ1) is 7.25. The first kappa shape index (κ1) is 10.3. The second-order valence-corrected chi connectivity index (χ2v) is 4.17. The monoisotopic (exact) mass is 218 g/mol. The minimum atomic E-state index is 0.756. The molecule has 0 atom stereocenters. The molecule has 15 heavy (non-hydrogen) atoms. The van der Waals surface area contributed by atoms with E-state index in [2.05, 4.69) is 23.5 Å². The molecule has 0 bridgehead atoms. The molecule has 0 saturated carbocycles. The van der Waals surface area contributed by atoms with Gasteiger partial charge in [-0.3, -0.25) is 0 Å². The lowest BCUT2D eigenvalue weighted by Crippen LogP contribution is -2.06. The van der Waals surface area contributed by atoms with Crippen molar-refractivity contribution in [3.05, 3.63) is 34.9 Å². The van der Waals surface area contributed by atoms with Crippen molar-refractivity contribution in [1.29, 1.82) is 0 Å². The van der Waals surface area contributed by atoms with E-state index >= 15 is 0 Å². The third-order valence-corrected chi connectivity index (χ3v) is 2.82. The lowest BCUT2D eigenvalue weighted by atomic mass is 10.2. The van der Waals surface area contributed by atoms with Crippen LogP contribution in [0.4, 0.5) is 0 Å². The molecule has 1 aliphatic rings. The first-order valence-electron chi connectivity index (χ1n) is 5.10. The molecule has 0 aromatic heterocycles. The van der Waals surface area contributed by atoms with Gasteiger partial charge in [-0.05, 0) is 24.3 Å². The number of nitrogens with zero attached hydrogens (tertiary/aromatic N) is 1. The van der Waals surface area contributed by atoms with Crippen LogP contribution in [0.3, 0.4) is 0 Å². The zero-order valence-corrected chi connectivity index (χ0v) is 9.51. The predicted molar refractivity (Wildman–Crippen MR) is 63.6 cm³/mol. The molecule has 1 heterocycles. The van der Waals surface area contributed by atoms with Crippen LogP contribution in [0.25, 0.3) is 0 Å². The van der Waals surface area contributed by atoms with E-state index in [9.17, 15) is 0 Å². The second kappa shape index (κ2) is 4.51. The third kappa shape index (κ3) is 2.61. The minimum absolute atomic E-state index is 0.756. The zero-order chi connectivity index (χ0) is 10.7. The maximum Gasteiger partial charge on any atom is 0.227 e. The summed E-state index contributed by atoms with van der Waals surface area (Å²) in [6.45, 7) is 1.13. The largest absolute Gasteiger partial charge is 0.229 e. The molecule has 0 aliphatic carbocycles. The van der Waals surface area contributed by atoms with Gasteiger partial charge < -0.3 is 0 Å². The van der Waals surface area contributed by atoms with Crippen LogP contribution in [0, 0.1) is 11.8 Å². The Labute approximate surface area is 95.4 Å². The van der Waals surface area contributed by atoms with Crippen molar-refractivity contribution in [3.63, 3.8) is 0 Å². The smallest absolute Gasteiger partial charge is 0.227 e.